The van der Waals surface area contributed by atoms with E-state index in [4.69, 9.17) is 0 Å². The zero-order chi connectivity index (χ0) is 17.6. The van der Waals surface area contributed by atoms with Crippen LogP contribution in [0.3, 0.4) is 0 Å². The Bertz CT molecular complexity index is 510. The molecule has 2 heteroatoms. The molecule has 7 unspecified atom stereocenters. The van der Waals surface area contributed by atoms with Crippen molar-refractivity contribution in [3.63, 3.8) is 0 Å². The Morgan fingerprint density at radius 1 is 1.00 bits per heavy atom. The van der Waals surface area contributed by atoms with Gasteiger partial charge in [-0.2, -0.15) is 0 Å². The van der Waals surface area contributed by atoms with E-state index in [0.29, 0.717) is 0 Å². The normalized spacial score (nSPS) is 45.8. The maximum atomic E-state index is 2.66. The van der Waals surface area contributed by atoms with Gasteiger partial charge in [0.1, 0.15) is 0 Å². The summed E-state index contributed by atoms with van der Waals surface area (Å²) in [4.78, 5) is 4.67. The van der Waals surface area contributed by atoms with Crippen molar-refractivity contribution in [3.05, 3.63) is 11.1 Å². The third-order valence-corrected chi connectivity index (χ3v) is 8.12. The fraction of sp³-hybridized carbons (Fsp3) is 0.913. The van der Waals surface area contributed by atoms with Gasteiger partial charge >= 0.3 is 0 Å². The Hall–Kier alpha value is -0.340. The van der Waals surface area contributed by atoms with Crippen LogP contribution in [0.5, 0.6) is 0 Å². The predicted molar refractivity (Wildman–Crippen MR) is 106 cm³/mol. The van der Waals surface area contributed by atoms with Crippen LogP contribution in [0.25, 0.3) is 0 Å². The molecule has 7 atom stereocenters. The van der Waals surface area contributed by atoms with E-state index in [1.54, 1.807) is 0 Å². The monoisotopic (exact) mass is 345 g/mol. The molecule has 0 aromatic rings. The van der Waals surface area contributed by atoms with Crippen molar-refractivity contribution in [2.24, 2.45) is 11.8 Å². The average Bonchev–Trinajstić information content (AvgIpc) is 2.55. The van der Waals surface area contributed by atoms with Gasteiger partial charge in [0.05, 0.1) is 18.1 Å². The third-order valence-electron chi connectivity index (χ3n) is 8.12. The van der Waals surface area contributed by atoms with E-state index in [9.17, 15) is 0 Å². The molecule has 0 radical (unpaired) electrons. The Morgan fingerprint density at radius 3 is 2.68 bits per heavy atom. The van der Waals surface area contributed by atoms with Crippen molar-refractivity contribution in [2.45, 2.75) is 109 Å². The maximum Gasteiger partial charge on any atom is 0.0916 e. The van der Waals surface area contributed by atoms with E-state index in [-0.39, 0.29) is 0 Å². The fourth-order valence-corrected chi connectivity index (χ4v) is 7.25. The van der Waals surface area contributed by atoms with Gasteiger partial charge in [-0.25, -0.2) is 0 Å². The van der Waals surface area contributed by atoms with Gasteiger partial charge in [0.15, 0.2) is 0 Å². The number of nitrogens with one attached hydrogen (secondary N) is 1. The summed E-state index contributed by atoms with van der Waals surface area (Å²) in [6, 6.07) is 3.55. The highest BCUT2D eigenvalue weighted by atomic mass is 15.2. The lowest BCUT2D eigenvalue weighted by Gasteiger charge is -2.48. The zero-order valence-corrected chi connectivity index (χ0v) is 17.2. The molecule has 4 aliphatic rings. The van der Waals surface area contributed by atoms with E-state index in [0.717, 1.165) is 36.0 Å². The fourth-order valence-electron chi connectivity index (χ4n) is 7.25. The number of hydrogen-bond donors (Lipinski definition) is 1. The molecule has 1 aliphatic carbocycles. The number of likely N-dealkylation sites (N-methyl/N-ethyl adjacent to an activating group) is 1. The standard InChI is InChI=1S/C23H40N2/c1-16-11-18(3)25-20(13-16)7-5-8-21(25)15-19-12-17(2)14-23-22(19)9-6-10-24(23)4/h16-18,20-21,23H,5-15H2,1-4H3/p+1. The summed E-state index contributed by atoms with van der Waals surface area (Å²) >= 11 is 0. The van der Waals surface area contributed by atoms with Crippen molar-refractivity contribution in [1.29, 1.82) is 0 Å². The molecule has 0 spiro atoms. The highest BCUT2D eigenvalue weighted by Gasteiger charge is 2.43. The summed E-state index contributed by atoms with van der Waals surface area (Å²) < 4.78 is 0. The van der Waals surface area contributed by atoms with Gasteiger partial charge in [-0.3, -0.25) is 4.90 Å². The van der Waals surface area contributed by atoms with Crippen molar-refractivity contribution in [2.75, 3.05) is 13.6 Å². The molecule has 1 N–H and O–H groups in total. The minimum absolute atomic E-state index is 0.778. The number of piperidine rings is 3. The summed E-state index contributed by atoms with van der Waals surface area (Å²) in [5.41, 5.74) is 3.78. The second kappa shape index (κ2) is 7.35. The molecule has 4 rings (SSSR count). The molecule has 2 nitrogen and oxygen atoms in total. The van der Waals surface area contributed by atoms with Crippen LogP contribution in [0.2, 0.25) is 0 Å². The second-order valence-electron chi connectivity index (χ2n) is 10.3. The average molecular weight is 346 g/mol. The summed E-state index contributed by atoms with van der Waals surface area (Å²) in [6.45, 7) is 8.86. The first-order chi connectivity index (χ1) is 12.0. The second-order valence-corrected chi connectivity index (χ2v) is 10.3. The quantitative estimate of drug-likeness (QED) is 0.748. The van der Waals surface area contributed by atoms with Gasteiger partial charge < -0.3 is 4.90 Å². The number of hydrogen-bond acceptors (Lipinski definition) is 1. The van der Waals surface area contributed by atoms with Crippen LogP contribution in [-0.4, -0.2) is 42.7 Å². The van der Waals surface area contributed by atoms with Crippen molar-refractivity contribution in [1.82, 2.24) is 4.90 Å². The molecule has 3 saturated heterocycles. The molecule has 0 saturated carbocycles. The predicted octanol–water partition coefficient (Wildman–Crippen LogP) is 3.82. The smallest absolute Gasteiger partial charge is 0.0916 e. The van der Waals surface area contributed by atoms with Crippen LogP contribution in [0.15, 0.2) is 11.1 Å². The van der Waals surface area contributed by atoms with Gasteiger partial charge in [0.2, 0.25) is 0 Å². The summed E-state index contributed by atoms with van der Waals surface area (Å²) in [7, 11) is 2.37. The summed E-state index contributed by atoms with van der Waals surface area (Å²) in [6.07, 6.45) is 14.4. The molecule has 0 amide bonds. The Labute approximate surface area is 156 Å². The highest BCUT2D eigenvalue weighted by molar-refractivity contribution is 5.26. The number of fused-ring (bicyclic) bond motifs is 2. The summed E-state index contributed by atoms with van der Waals surface area (Å²) in [5.74, 6) is 1.84. The van der Waals surface area contributed by atoms with Crippen LogP contribution in [0.4, 0.5) is 0 Å². The van der Waals surface area contributed by atoms with E-state index in [1.807, 2.05) is 16.0 Å². The van der Waals surface area contributed by atoms with Crippen molar-refractivity contribution in [3.8, 4) is 0 Å². The van der Waals surface area contributed by atoms with Crippen molar-refractivity contribution >= 4 is 0 Å². The van der Waals surface area contributed by atoms with E-state index in [1.165, 1.54) is 70.8 Å². The van der Waals surface area contributed by atoms with E-state index >= 15 is 0 Å². The molecule has 3 heterocycles. The minimum atomic E-state index is 0.778. The SMILES string of the molecule is CC1CC(CC2CCCC3CC(C)CC(C)[NH+]23)=C2CCCN(C)C2C1. The van der Waals surface area contributed by atoms with Gasteiger partial charge in [0.25, 0.3) is 0 Å². The van der Waals surface area contributed by atoms with Crippen LogP contribution in [0, 0.1) is 11.8 Å². The minimum Gasteiger partial charge on any atom is -0.328 e. The lowest BCUT2D eigenvalue weighted by Crippen LogP contribution is -3.23. The third kappa shape index (κ3) is 3.58. The summed E-state index contributed by atoms with van der Waals surface area (Å²) in [5, 5.41) is 0. The molecule has 3 aliphatic heterocycles. The topological polar surface area (TPSA) is 7.68 Å². The maximum absolute atomic E-state index is 2.66. The van der Waals surface area contributed by atoms with Crippen LogP contribution >= 0.6 is 0 Å². The molecule has 0 aromatic carbocycles. The first kappa shape index (κ1) is 18.0. The lowest BCUT2D eigenvalue weighted by molar-refractivity contribution is -0.982. The lowest BCUT2D eigenvalue weighted by atomic mass is 9.74. The van der Waals surface area contributed by atoms with Crippen LogP contribution in [-0.2, 0) is 0 Å². The highest BCUT2D eigenvalue weighted by Crippen LogP contribution is 2.39. The Balaban J connectivity index is 1.55. The van der Waals surface area contributed by atoms with Crippen LogP contribution < -0.4 is 4.90 Å². The van der Waals surface area contributed by atoms with Crippen molar-refractivity contribution < 1.29 is 4.90 Å². The molecular formula is C23H41N2+. The molecule has 0 bridgehead atoms. The molecule has 0 aromatic heterocycles. The zero-order valence-electron chi connectivity index (χ0n) is 17.2. The van der Waals surface area contributed by atoms with Crippen LogP contribution in [0.1, 0.15) is 85.0 Å². The van der Waals surface area contributed by atoms with E-state index in [2.05, 4.69) is 32.7 Å². The number of rotatable bonds is 2. The van der Waals surface area contributed by atoms with Gasteiger partial charge in [0, 0.05) is 25.3 Å². The molecular weight excluding hydrogens is 304 g/mol. The van der Waals surface area contributed by atoms with Gasteiger partial charge in [-0.05, 0) is 77.3 Å². The Morgan fingerprint density at radius 2 is 1.84 bits per heavy atom. The number of quaternary nitrogens is 1. The molecule has 3 fully saturated rings. The number of nitrogens with zero attached hydrogens (tertiary/aromatic N) is 1. The largest absolute Gasteiger partial charge is 0.328 e. The first-order valence-corrected chi connectivity index (χ1v) is 11.3. The van der Waals surface area contributed by atoms with Gasteiger partial charge in [-0.15, -0.1) is 0 Å². The number of likely N-dealkylation sites (tertiary alicyclic amines) is 1. The first-order valence-electron chi connectivity index (χ1n) is 11.3. The Kier molecular flexibility index (Phi) is 5.30. The molecule has 142 valence electrons. The molecule has 25 heavy (non-hydrogen) atoms. The van der Waals surface area contributed by atoms with E-state index < -0.39 is 0 Å². The van der Waals surface area contributed by atoms with Gasteiger partial charge in [-0.1, -0.05) is 25.0 Å².